The van der Waals surface area contributed by atoms with Crippen LogP contribution in [0.4, 0.5) is 0 Å². The molecule has 0 saturated carbocycles. The molecule has 1 atom stereocenters. The minimum absolute atomic E-state index is 0. The molecule has 1 heterocycles. The number of nitrogens with one attached hydrogen (secondary N) is 1. The van der Waals surface area contributed by atoms with Crippen molar-refractivity contribution < 1.29 is 14.6 Å². The van der Waals surface area contributed by atoms with Crippen LogP contribution in [0.1, 0.15) is 30.1 Å². The van der Waals surface area contributed by atoms with Gasteiger partial charge in [-0.25, -0.2) is 0 Å². The second kappa shape index (κ2) is 8.48. The van der Waals surface area contributed by atoms with Crippen LogP contribution in [0.5, 0.6) is 0 Å². The molecule has 1 fully saturated rings. The molecule has 0 bridgehead atoms. The first-order chi connectivity index (χ1) is 10.1. The van der Waals surface area contributed by atoms with E-state index in [4.69, 9.17) is 10.5 Å². The molecule has 22 heavy (non-hydrogen) atoms. The molecule has 1 aromatic carbocycles. The van der Waals surface area contributed by atoms with Crippen LogP contribution in [-0.2, 0) is 9.53 Å². The maximum atomic E-state index is 12.4. The first-order valence-electron chi connectivity index (χ1n) is 7.38. The Bertz CT molecular complexity index is 473. The molecule has 1 saturated heterocycles. The minimum atomic E-state index is -0.704. The van der Waals surface area contributed by atoms with E-state index in [0.29, 0.717) is 32.6 Å². The predicted octanol–water partition coefficient (Wildman–Crippen LogP) is 1.32. The summed E-state index contributed by atoms with van der Waals surface area (Å²) in [5.41, 5.74) is 7.18. The Morgan fingerprint density at radius 2 is 1.95 bits per heavy atom. The Balaban J connectivity index is 0.00000242. The summed E-state index contributed by atoms with van der Waals surface area (Å²) >= 11 is 0. The number of aryl methyl sites for hydroxylation is 1. The highest BCUT2D eigenvalue weighted by molar-refractivity contribution is 5.85. The van der Waals surface area contributed by atoms with Gasteiger partial charge in [-0.3, -0.25) is 4.79 Å². The Morgan fingerprint density at radius 3 is 2.50 bits per heavy atom. The van der Waals surface area contributed by atoms with Crippen LogP contribution in [0.2, 0.25) is 0 Å². The standard InChI is InChI=1S/C16H24N2O3.ClH/c1-12-2-4-13(5-3-12)14(19)10-18-15(20)16(11-17)6-8-21-9-7-16;/h2-5,14,19H,6-11,17H2,1H3,(H,18,20);1H. The quantitative estimate of drug-likeness (QED) is 0.761. The maximum Gasteiger partial charge on any atom is 0.227 e. The number of carbonyl (C=O) groups excluding carboxylic acids is 1. The third-order valence-corrected chi connectivity index (χ3v) is 4.24. The smallest absolute Gasteiger partial charge is 0.227 e. The number of aliphatic hydroxyl groups is 1. The molecule has 4 N–H and O–H groups in total. The van der Waals surface area contributed by atoms with Gasteiger partial charge in [0.1, 0.15) is 0 Å². The van der Waals surface area contributed by atoms with Crippen LogP contribution < -0.4 is 11.1 Å². The third-order valence-electron chi connectivity index (χ3n) is 4.24. The van der Waals surface area contributed by atoms with Crippen molar-refractivity contribution >= 4 is 18.3 Å². The average Bonchev–Trinajstić information content (AvgIpc) is 2.53. The van der Waals surface area contributed by atoms with E-state index in [1.807, 2.05) is 31.2 Å². The largest absolute Gasteiger partial charge is 0.387 e. The Morgan fingerprint density at radius 1 is 1.36 bits per heavy atom. The molecule has 0 spiro atoms. The van der Waals surface area contributed by atoms with E-state index in [2.05, 4.69) is 5.32 Å². The van der Waals surface area contributed by atoms with Gasteiger partial charge in [0.05, 0.1) is 11.5 Å². The summed E-state index contributed by atoms with van der Waals surface area (Å²) in [7, 11) is 0. The first-order valence-corrected chi connectivity index (χ1v) is 7.38. The van der Waals surface area contributed by atoms with E-state index in [1.54, 1.807) is 0 Å². The van der Waals surface area contributed by atoms with E-state index >= 15 is 0 Å². The zero-order valence-corrected chi connectivity index (χ0v) is 13.7. The molecule has 0 aliphatic carbocycles. The van der Waals surface area contributed by atoms with Gasteiger partial charge in [-0.15, -0.1) is 12.4 Å². The molecule has 1 amide bonds. The number of amides is 1. The molecule has 0 radical (unpaired) electrons. The summed E-state index contributed by atoms with van der Waals surface area (Å²) < 4.78 is 5.30. The summed E-state index contributed by atoms with van der Waals surface area (Å²) in [4.78, 5) is 12.4. The Labute approximate surface area is 137 Å². The Hall–Kier alpha value is -1.14. The molecule has 2 rings (SSSR count). The van der Waals surface area contributed by atoms with Crippen molar-refractivity contribution in [2.24, 2.45) is 11.1 Å². The molecule has 1 aromatic rings. The zero-order valence-electron chi connectivity index (χ0n) is 12.9. The van der Waals surface area contributed by atoms with Gasteiger partial charge < -0.3 is 20.9 Å². The SMILES string of the molecule is Cc1ccc(C(O)CNC(=O)C2(CN)CCOCC2)cc1.Cl. The summed E-state index contributed by atoms with van der Waals surface area (Å²) in [5, 5.41) is 13.0. The van der Waals surface area contributed by atoms with Crippen LogP contribution in [0, 0.1) is 12.3 Å². The zero-order chi connectivity index (χ0) is 15.3. The molecule has 1 aliphatic rings. The summed E-state index contributed by atoms with van der Waals surface area (Å²) in [6.07, 6.45) is 0.565. The number of hydrogen-bond acceptors (Lipinski definition) is 4. The normalized spacial score (nSPS) is 18.1. The topological polar surface area (TPSA) is 84.6 Å². The Kier molecular flexibility index (Phi) is 7.29. The second-order valence-electron chi connectivity index (χ2n) is 5.73. The molecule has 0 aromatic heterocycles. The lowest BCUT2D eigenvalue weighted by atomic mass is 9.79. The fourth-order valence-electron chi connectivity index (χ4n) is 2.57. The lowest BCUT2D eigenvalue weighted by molar-refractivity contribution is -0.136. The number of benzene rings is 1. The van der Waals surface area contributed by atoms with Gasteiger partial charge in [0.25, 0.3) is 0 Å². The number of aliphatic hydroxyl groups excluding tert-OH is 1. The molecule has 124 valence electrons. The fourth-order valence-corrected chi connectivity index (χ4v) is 2.57. The average molecular weight is 329 g/mol. The van der Waals surface area contributed by atoms with Crippen molar-refractivity contribution in [2.45, 2.75) is 25.9 Å². The van der Waals surface area contributed by atoms with Crippen LogP contribution in [-0.4, -0.2) is 37.3 Å². The monoisotopic (exact) mass is 328 g/mol. The summed E-state index contributed by atoms with van der Waals surface area (Å²) in [5.74, 6) is -0.0838. The van der Waals surface area contributed by atoms with Crippen molar-refractivity contribution in [3.8, 4) is 0 Å². The molecule has 5 nitrogen and oxygen atoms in total. The highest BCUT2D eigenvalue weighted by Gasteiger charge is 2.38. The number of nitrogens with two attached hydrogens (primary N) is 1. The summed E-state index contributed by atoms with van der Waals surface area (Å²) in [6, 6.07) is 7.64. The highest BCUT2D eigenvalue weighted by Crippen LogP contribution is 2.29. The van der Waals surface area contributed by atoms with E-state index in [-0.39, 0.29) is 24.9 Å². The van der Waals surface area contributed by atoms with Crippen molar-refractivity contribution in [1.82, 2.24) is 5.32 Å². The van der Waals surface area contributed by atoms with Gasteiger partial charge in [0, 0.05) is 26.3 Å². The van der Waals surface area contributed by atoms with Crippen molar-refractivity contribution in [1.29, 1.82) is 0 Å². The third kappa shape index (κ3) is 4.43. The van der Waals surface area contributed by atoms with E-state index < -0.39 is 11.5 Å². The van der Waals surface area contributed by atoms with Gasteiger partial charge in [-0.2, -0.15) is 0 Å². The van der Waals surface area contributed by atoms with E-state index in [9.17, 15) is 9.90 Å². The van der Waals surface area contributed by atoms with Gasteiger partial charge in [0.15, 0.2) is 0 Å². The van der Waals surface area contributed by atoms with Gasteiger partial charge in [-0.05, 0) is 25.3 Å². The van der Waals surface area contributed by atoms with Gasteiger partial charge >= 0.3 is 0 Å². The number of hydrogen-bond donors (Lipinski definition) is 3. The van der Waals surface area contributed by atoms with Crippen LogP contribution in [0.3, 0.4) is 0 Å². The van der Waals surface area contributed by atoms with Gasteiger partial charge in [0.2, 0.25) is 5.91 Å². The molecular weight excluding hydrogens is 304 g/mol. The lowest BCUT2D eigenvalue weighted by Crippen LogP contribution is -2.49. The molecule has 6 heteroatoms. The second-order valence-corrected chi connectivity index (χ2v) is 5.73. The fraction of sp³-hybridized carbons (Fsp3) is 0.562. The van der Waals surface area contributed by atoms with Crippen LogP contribution >= 0.6 is 12.4 Å². The maximum absolute atomic E-state index is 12.4. The van der Waals surface area contributed by atoms with E-state index in [1.165, 1.54) is 0 Å². The predicted molar refractivity (Wildman–Crippen MR) is 87.9 cm³/mol. The minimum Gasteiger partial charge on any atom is -0.387 e. The number of rotatable bonds is 5. The highest BCUT2D eigenvalue weighted by atomic mass is 35.5. The van der Waals surface area contributed by atoms with Crippen molar-refractivity contribution in [3.63, 3.8) is 0 Å². The van der Waals surface area contributed by atoms with Crippen LogP contribution in [0.15, 0.2) is 24.3 Å². The first kappa shape index (κ1) is 18.9. The number of ether oxygens (including phenoxy) is 1. The molecule has 1 aliphatic heterocycles. The molecular formula is C16H25ClN2O3. The lowest BCUT2D eigenvalue weighted by Gasteiger charge is -2.34. The van der Waals surface area contributed by atoms with Gasteiger partial charge in [-0.1, -0.05) is 29.8 Å². The van der Waals surface area contributed by atoms with Crippen molar-refractivity contribution in [3.05, 3.63) is 35.4 Å². The van der Waals surface area contributed by atoms with Crippen molar-refractivity contribution in [2.75, 3.05) is 26.3 Å². The number of halogens is 1. The summed E-state index contributed by atoms with van der Waals surface area (Å²) in [6.45, 7) is 3.62. The van der Waals surface area contributed by atoms with E-state index in [0.717, 1.165) is 11.1 Å². The molecule has 1 unspecified atom stereocenters. The van der Waals surface area contributed by atoms with Crippen LogP contribution in [0.25, 0.3) is 0 Å². The number of carbonyl (C=O) groups is 1.